The Labute approximate surface area is 151 Å². The smallest absolute Gasteiger partial charge is 0.140 e. The van der Waals surface area contributed by atoms with Crippen LogP contribution in [0.5, 0.6) is 0 Å². The molecule has 0 fully saturated rings. The number of carbonyl (C=O) groups is 2. The highest BCUT2D eigenvalue weighted by Gasteiger charge is 2.08. The normalized spacial score (nSPS) is 10.9. The van der Waals surface area contributed by atoms with Crippen molar-refractivity contribution < 1.29 is 9.59 Å². The SMILES string of the molecule is CCCCCCCCCCCCCC(=O)CC(=O)CCCCCC. The van der Waals surface area contributed by atoms with Crippen molar-refractivity contribution in [3.05, 3.63) is 0 Å². The molecule has 0 heterocycles. The molecule has 0 bridgehead atoms. The summed E-state index contributed by atoms with van der Waals surface area (Å²) < 4.78 is 0. The van der Waals surface area contributed by atoms with Gasteiger partial charge >= 0.3 is 0 Å². The minimum atomic E-state index is 0.152. The van der Waals surface area contributed by atoms with Crippen molar-refractivity contribution >= 4 is 11.6 Å². The van der Waals surface area contributed by atoms with Gasteiger partial charge in [0.05, 0.1) is 6.42 Å². The Balaban J connectivity index is 3.29. The summed E-state index contributed by atoms with van der Waals surface area (Å²) in [5.74, 6) is 0.311. The van der Waals surface area contributed by atoms with E-state index in [1.807, 2.05) is 0 Å². The highest BCUT2D eigenvalue weighted by atomic mass is 16.1. The molecule has 0 rings (SSSR count). The van der Waals surface area contributed by atoms with Crippen LogP contribution in [0.15, 0.2) is 0 Å². The van der Waals surface area contributed by atoms with Gasteiger partial charge in [-0.3, -0.25) is 9.59 Å². The lowest BCUT2D eigenvalue weighted by Gasteiger charge is -2.03. The van der Waals surface area contributed by atoms with Crippen molar-refractivity contribution in [2.45, 2.75) is 129 Å². The van der Waals surface area contributed by atoms with Crippen LogP contribution in [0, 0.1) is 0 Å². The quantitative estimate of drug-likeness (QED) is 0.184. The number of ketones is 2. The van der Waals surface area contributed by atoms with E-state index in [2.05, 4.69) is 13.8 Å². The minimum Gasteiger partial charge on any atom is -0.299 e. The Morgan fingerprint density at radius 1 is 0.458 bits per heavy atom. The van der Waals surface area contributed by atoms with Crippen LogP contribution in [0.1, 0.15) is 129 Å². The molecule has 0 amide bonds. The van der Waals surface area contributed by atoms with Crippen molar-refractivity contribution in [3.8, 4) is 0 Å². The summed E-state index contributed by atoms with van der Waals surface area (Å²) in [6.07, 6.45) is 20.1. The second-order valence-corrected chi connectivity index (χ2v) is 7.35. The van der Waals surface area contributed by atoms with E-state index < -0.39 is 0 Å². The van der Waals surface area contributed by atoms with Crippen molar-refractivity contribution in [2.24, 2.45) is 0 Å². The second-order valence-electron chi connectivity index (χ2n) is 7.35. The van der Waals surface area contributed by atoms with Crippen LogP contribution in [-0.2, 0) is 9.59 Å². The third kappa shape index (κ3) is 17.7. The summed E-state index contributed by atoms with van der Waals surface area (Å²) in [5, 5.41) is 0. The molecular weight excluding hydrogens is 296 g/mol. The van der Waals surface area contributed by atoms with Gasteiger partial charge in [-0.25, -0.2) is 0 Å². The molecular formula is C22H42O2. The van der Waals surface area contributed by atoms with Gasteiger partial charge < -0.3 is 0 Å². The summed E-state index contributed by atoms with van der Waals surface area (Å²) in [4.78, 5) is 23.5. The zero-order chi connectivity index (χ0) is 17.9. The number of carbonyl (C=O) groups excluding carboxylic acids is 2. The maximum Gasteiger partial charge on any atom is 0.140 e. The largest absolute Gasteiger partial charge is 0.299 e. The van der Waals surface area contributed by atoms with E-state index in [1.165, 1.54) is 70.6 Å². The molecule has 2 nitrogen and oxygen atoms in total. The van der Waals surface area contributed by atoms with Crippen molar-refractivity contribution in [3.63, 3.8) is 0 Å². The molecule has 0 aliphatic rings. The lowest BCUT2D eigenvalue weighted by molar-refractivity contribution is -0.127. The standard InChI is InChI=1S/C22H42O2/c1-3-5-7-9-10-11-12-13-14-15-17-19-22(24)20-21(23)18-16-8-6-4-2/h3-20H2,1-2H3. The lowest BCUT2D eigenvalue weighted by Crippen LogP contribution is -2.07. The van der Waals surface area contributed by atoms with Gasteiger partial charge in [-0.1, -0.05) is 97.3 Å². The first-order valence-corrected chi connectivity index (χ1v) is 10.7. The third-order valence-electron chi connectivity index (χ3n) is 4.76. The fourth-order valence-corrected chi connectivity index (χ4v) is 3.13. The average Bonchev–Trinajstić information content (AvgIpc) is 2.56. The number of Topliss-reactive ketones (excluding diaryl/α,β-unsaturated/α-hetero) is 2. The summed E-state index contributed by atoms with van der Waals surface area (Å²) in [5.41, 5.74) is 0. The van der Waals surface area contributed by atoms with Crippen molar-refractivity contribution in [2.75, 3.05) is 0 Å². The summed E-state index contributed by atoms with van der Waals surface area (Å²) >= 11 is 0. The first kappa shape index (κ1) is 23.3. The Morgan fingerprint density at radius 2 is 0.750 bits per heavy atom. The number of rotatable bonds is 19. The van der Waals surface area contributed by atoms with Gasteiger partial charge in [-0.15, -0.1) is 0 Å². The molecule has 0 spiro atoms. The number of hydrogen-bond acceptors (Lipinski definition) is 2. The van der Waals surface area contributed by atoms with Gasteiger partial charge in [0.2, 0.25) is 0 Å². The van der Waals surface area contributed by atoms with Gasteiger partial charge in [-0.2, -0.15) is 0 Å². The monoisotopic (exact) mass is 338 g/mol. The fraction of sp³-hybridized carbons (Fsp3) is 0.909. The highest BCUT2D eigenvalue weighted by Crippen LogP contribution is 2.12. The lowest BCUT2D eigenvalue weighted by atomic mass is 10.0. The third-order valence-corrected chi connectivity index (χ3v) is 4.76. The fourth-order valence-electron chi connectivity index (χ4n) is 3.13. The van der Waals surface area contributed by atoms with E-state index in [9.17, 15) is 9.59 Å². The van der Waals surface area contributed by atoms with E-state index in [0.29, 0.717) is 12.8 Å². The van der Waals surface area contributed by atoms with Gasteiger partial charge in [-0.05, 0) is 12.8 Å². The highest BCUT2D eigenvalue weighted by molar-refractivity contribution is 5.98. The van der Waals surface area contributed by atoms with Crippen LogP contribution in [0.4, 0.5) is 0 Å². The summed E-state index contributed by atoms with van der Waals surface area (Å²) in [6.45, 7) is 4.42. The summed E-state index contributed by atoms with van der Waals surface area (Å²) in [6, 6.07) is 0. The minimum absolute atomic E-state index is 0.152. The predicted octanol–water partition coefficient (Wildman–Crippen LogP) is 7.19. The molecule has 0 aromatic carbocycles. The Hall–Kier alpha value is -0.660. The van der Waals surface area contributed by atoms with Crippen molar-refractivity contribution in [1.82, 2.24) is 0 Å². The number of unbranched alkanes of at least 4 members (excludes halogenated alkanes) is 13. The van der Waals surface area contributed by atoms with Crippen molar-refractivity contribution in [1.29, 1.82) is 0 Å². The van der Waals surface area contributed by atoms with E-state index >= 15 is 0 Å². The van der Waals surface area contributed by atoms with E-state index in [-0.39, 0.29) is 18.0 Å². The Bertz CT molecular complexity index is 296. The first-order chi connectivity index (χ1) is 11.7. The molecule has 0 aromatic rings. The van der Waals surface area contributed by atoms with Crippen LogP contribution in [0.2, 0.25) is 0 Å². The molecule has 0 aliphatic carbocycles. The Morgan fingerprint density at radius 3 is 1.12 bits per heavy atom. The molecule has 0 saturated heterocycles. The van der Waals surface area contributed by atoms with Gasteiger partial charge in [0.25, 0.3) is 0 Å². The van der Waals surface area contributed by atoms with Gasteiger partial charge in [0, 0.05) is 12.8 Å². The molecule has 142 valence electrons. The first-order valence-electron chi connectivity index (χ1n) is 10.7. The zero-order valence-electron chi connectivity index (χ0n) is 16.5. The van der Waals surface area contributed by atoms with Crippen LogP contribution in [0.3, 0.4) is 0 Å². The molecule has 0 aliphatic heterocycles. The van der Waals surface area contributed by atoms with E-state index in [1.54, 1.807) is 0 Å². The van der Waals surface area contributed by atoms with Crippen LogP contribution < -0.4 is 0 Å². The molecule has 0 unspecified atom stereocenters. The van der Waals surface area contributed by atoms with E-state index in [0.717, 1.165) is 25.7 Å². The molecule has 2 heteroatoms. The van der Waals surface area contributed by atoms with Gasteiger partial charge in [0.15, 0.2) is 0 Å². The molecule has 0 radical (unpaired) electrons. The maximum absolute atomic E-state index is 11.8. The Kier molecular flexibility index (Phi) is 18.2. The molecule has 0 saturated carbocycles. The number of hydrogen-bond donors (Lipinski definition) is 0. The average molecular weight is 339 g/mol. The molecule has 0 aromatic heterocycles. The molecule has 0 atom stereocenters. The second kappa shape index (κ2) is 18.7. The summed E-state index contributed by atoms with van der Waals surface area (Å²) in [7, 11) is 0. The van der Waals surface area contributed by atoms with Gasteiger partial charge in [0.1, 0.15) is 11.6 Å². The zero-order valence-corrected chi connectivity index (χ0v) is 16.5. The molecule has 24 heavy (non-hydrogen) atoms. The maximum atomic E-state index is 11.8. The van der Waals surface area contributed by atoms with E-state index in [4.69, 9.17) is 0 Å². The topological polar surface area (TPSA) is 34.1 Å². The van der Waals surface area contributed by atoms with Crippen LogP contribution >= 0.6 is 0 Å². The molecule has 0 N–H and O–H groups in total. The van der Waals surface area contributed by atoms with Crippen LogP contribution in [0.25, 0.3) is 0 Å². The predicted molar refractivity (Wildman–Crippen MR) is 104 cm³/mol. The van der Waals surface area contributed by atoms with Crippen LogP contribution in [-0.4, -0.2) is 11.6 Å².